The highest BCUT2D eigenvalue weighted by atomic mass is 16.1. The van der Waals surface area contributed by atoms with E-state index in [-0.39, 0.29) is 5.78 Å². The molecular formula is C13H21NO. The van der Waals surface area contributed by atoms with Gasteiger partial charge in [-0.1, -0.05) is 40.3 Å². The average molecular weight is 207 g/mol. The van der Waals surface area contributed by atoms with Gasteiger partial charge in [-0.2, -0.15) is 0 Å². The second-order valence-corrected chi connectivity index (χ2v) is 2.24. The lowest BCUT2D eigenvalue weighted by Crippen LogP contribution is -1.99. The van der Waals surface area contributed by atoms with Crippen LogP contribution in [-0.2, 0) is 0 Å². The van der Waals surface area contributed by atoms with Crippen molar-refractivity contribution >= 4 is 5.78 Å². The topological polar surface area (TPSA) is 30.0 Å². The third kappa shape index (κ3) is 5.78. The van der Waals surface area contributed by atoms with Crippen LogP contribution >= 0.6 is 0 Å². The molecule has 0 unspecified atom stereocenters. The first kappa shape index (κ1) is 16.0. The van der Waals surface area contributed by atoms with Gasteiger partial charge in [-0.25, -0.2) is 0 Å². The Balaban J connectivity index is 0. The number of carbonyl (C=O) groups excluding carboxylic acids is 1. The van der Waals surface area contributed by atoms with E-state index in [1.165, 1.54) is 6.08 Å². The molecule has 0 aliphatic carbocycles. The minimum absolute atomic E-state index is 0.122. The van der Waals surface area contributed by atoms with Crippen LogP contribution in [0.25, 0.3) is 0 Å². The first-order chi connectivity index (χ1) is 7.25. The van der Waals surface area contributed by atoms with Crippen LogP contribution in [-0.4, -0.2) is 10.8 Å². The van der Waals surface area contributed by atoms with E-state index >= 15 is 0 Å². The van der Waals surface area contributed by atoms with Gasteiger partial charge in [0.25, 0.3) is 0 Å². The lowest BCUT2D eigenvalue weighted by Gasteiger charge is -1.97. The van der Waals surface area contributed by atoms with E-state index in [1.807, 2.05) is 40.7 Å². The van der Waals surface area contributed by atoms with Gasteiger partial charge in [0, 0.05) is 6.20 Å². The Morgan fingerprint density at radius 3 is 2.27 bits per heavy atom. The van der Waals surface area contributed by atoms with Crippen LogP contribution in [0.4, 0.5) is 0 Å². The Morgan fingerprint density at radius 2 is 1.87 bits per heavy atom. The van der Waals surface area contributed by atoms with Crippen LogP contribution in [0.1, 0.15) is 43.7 Å². The number of carbonyl (C=O) groups is 1. The van der Waals surface area contributed by atoms with Crippen LogP contribution in [0.3, 0.4) is 0 Å². The highest BCUT2D eigenvalue weighted by molar-refractivity contribution is 6.03. The summed E-state index contributed by atoms with van der Waals surface area (Å²) in [5.41, 5.74) is 1.37. The maximum Gasteiger partial charge on any atom is 0.203 e. The van der Waals surface area contributed by atoms with Crippen molar-refractivity contribution in [3.05, 3.63) is 42.2 Å². The third-order valence-electron chi connectivity index (χ3n) is 1.43. The van der Waals surface area contributed by atoms with Gasteiger partial charge in [0.2, 0.25) is 5.78 Å². The van der Waals surface area contributed by atoms with Gasteiger partial charge in [-0.3, -0.25) is 9.78 Å². The summed E-state index contributed by atoms with van der Waals surface area (Å²) in [5.74, 6) is -0.122. The first-order valence-corrected chi connectivity index (χ1v) is 5.34. The summed E-state index contributed by atoms with van der Waals surface area (Å²) in [7, 11) is 0. The van der Waals surface area contributed by atoms with Gasteiger partial charge in [-0.05, 0) is 24.6 Å². The van der Waals surface area contributed by atoms with Gasteiger partial charge in [0.15, 0.2) is 0 Å². The molecule has 0 bridgehead atoms. The number of rotatable bonds is 2. The Bertz CT molecular complexity index is 292. The number of hydrogen-bond acceptors (Lipinski definition) is 2. The van der Waals surface area contributed by atoms with Crippen molar-refractivity contribution < 1.29 is 4.79 Å². The van der Waals surface area contributed by atoms with Gasteiger partial charge < -0.3 is 0 Å². The average Bonchev–Trinajstić information content (AvgIpc) is 2.34. The fourth-order valence-corrected chi connectivity index (χ4v) is 0.840. The molecule has 0 fully saturated rings. The van der Waals surface area contributed by atoms with Gasteiger partial charge in [0.05, 0.1) is 0 Å². The van der Waals surface area contributed by atoms with E-state index in [2.05, 4.69) is 11.6 Å². The van der Waals surface area contributed by atoms with Crippen LogP contribution in [0.2, 0.25) is 0 Å². The second-order valence-electron chi connectivity index (χ2n) is 2.24. The van der Waals surface area contributed by atoms with Gasteiger partial charge >= 0.3 is 0 Å². The number of aromatic nitrogens is 1. The minimum Gasteiger partial charge on any atom is -0.288 e. The lowest BCUT2D eigenvalue weighted by atomic mass is 10.1. The third-order valence-corrected chi connectivity index (χ3v) is 1.43. The van der Waals surface area contributed by atoms with Gasteiger partial charge in [0.1, 0.15) is 5.69 Å². The van der Waals surface area contributed by atoms with Crippen molar-refractivity contribution in [3.63, 3.8) is 0 Å². The predicted octanol–water partition coefficient (Wildman–Crippen LogP) is 3.81. The van der Waals surface area contributed by atoms with Crippen molar-refractivity contribution in [2.24, 2.45) is 0 Å². The maximum absolute atomic E-state index is 11.1. The number of pyridine rings is 1. The molecule has 15 heavy (non-hydrogen) atoms. The van der Waals surface area contributed by atoms with Crippen LogP contribution < -0.4 is 0 Å². The number of hydrogen-bond donors (Lipinski definition) is 0. The maximum atomic E-state index is 11.1. The van der Waals surface area contributed by atoms with Crippen LogP contribution in [0.5, 0.6) is 0 Å². The molecular weight excluding hydrogens is 186 g/mol. The molecule has 1 heterocycles. The quantitative estimate of drug-likeness (QED) is 0.545. The predicted molar refractivity (Wildman–Crippen MR) is 66.2 cm³/mol. The standard InChI is InChI=1S/C9H9NO.2C2H6/c1-3-8(11)9-7(2)5-4-6-10-9;2*1-2/h3-6H,1H2,2H3;2*1-2H3. The van der Waals surface area contributed by atoms with Crippen molar-refractivity contribution in [2.75, 3.05) is 0 Å². The molecule has 1 aromatic rings. The fraction of sp³-hybridized carbons (Fsp3) is 0.385. The van der Waals surface area contributed by atoms with Crippen molar-refractivity contribution in [1.82, 2.24) is 4.98 Å². The zero-order valence-corrected chi connectivity index (χ0v) is 10.4. The summed E-state index contributed by atoms with van der Waals surface area (Å²) >= 11 is 0. The number of aryl methyl sites for hydroxylation is 1. The molecule has 0 radical (unpaired) electrons. The molecule has 1 rings (SSSR count). The molecule has 84 valence electrons. The minimum atomic E-state index is -0.122. The van der Waals surface area contributed by atoms with E-state index in [4.69, 9.17) is 0 Å². The molecule has 0 atom stereocenters. The summed E-state index contributed by atoms with van der Waals surface area (Å²) in [4.78, 5) is 15.0. The molecule has 1 aromatic heterocycles. The van der Waals surface area contributed by atoms with Crippen molar-refractivity contribution in [3.8, 4) is 0 Å². The largest absolute Gasteiger partial charge is 0.288 e. The molecule has 0 aliphatic heterocycles. The highest BCUT2D eigenvalue weighted by Crippen LogP contribution is 2.03. The second kappa shape index (κ2) is 10.6. The molecule has 2 heteroatoms. The number of ketones is 1. The van der Waals surface area contributed by atoms with Crippen LogP contribution in [0.15, 0.2) is 31.0 Å². The number of allylic oxidation sites excluding steroid dienone is 1. The highest BCUT2D eigenvalue weighted by Gasteiger charge is 2.03. The molecule has 0 aliphatic rings. The van der Waals surface area contributed by atoms with E-state index in [0.717, 1.165) is 5.56 Å². The van der Waals surface area contributed by atoms with E-state index in [0.29, 0.717) is 5.69 Å². The number of nitrogens with zero attached hydrogens (tertiary/aromatic N) is 1. The monoisotopic (exact) mass is 207 g/mol. The summed E-state index contributed by atoms with van der Waals surface area (Å²) in [6.07, 6.45) is 2.87. The normalized spacial score (nSPS) is 7.53. The summed E-state index contributed by atoms with van der Waals surface area (Å²) in [6, 6.07) is 3.65. The molecule has 0 spiro atoms. The zero-order chi connectivity index (χ0) is 12.3. The van der Waals surface area contributed by atoms with Gasteiger partial charge in [-0.15, -0.1) is 0 Å². The Labute approximate surface area is 93.1 Å². The molecule has 0 saturated heterocycles. The van der Waals surface area contributed by atoms with Crippen LogP contribution in [0, 0.1) is 6.92 Å². The molecule has 0 saturated carbocycles. The zero-order valence-electron chi connectivity index (χ0n) is 10.4. The first-order valence-electron chi connectivity index (χ1n) is 5.34. The molecule has 0 aromatic carbocycles. The lowest BCUT2D eigenvalue weighted by molar-refractivity contribution is 0.104. The van der Waals surface area contributed by atoms with E-state index in [9.17, 15) is 4.79 Å². The summed E-state index contributed by atoms with van der Waals surface area (Å²) in [5, 5.41) is 0. The molecule has 0 amide bonds. The SMILES string of the molecule is C=CC(=O)c1ncccc1C.CC.CC. The Hall–Kier alpha value is -1.44. The van der Waals surface area contributed by atoms with Crippen molar-refractivity contribution in [1.29, 1.82) is 0 Å². The van der Waals surface area contributed by atoms with E-state index < -0.39 is 0 Å². The Kier molecular flexibility index (Phi) is 11.4. The smallest absolute Gasteiger partial charge is 0.203 e. The Morgan fingerprint density at radius 1 is 1.33 bits per heavy atom. The molecule has 0 N–H and O–H groups in total. The van der Waals surface area contributed by atoms with E-state index in [1.54, 1.807) is 12.3 Å². The fourth-order valence-electron chi connectivity index (χ4n) is 0.840. The summed E-state index contributed by atoms with van der Waals surface area (Å²) < 4.78 is 0. The van der Waals surface area contributed by atoms with Crippen molar-refractivity contribution in [2.45, 2.75) is 34.6 Å². The summed E-state index contributed by atoms with van der Waals surface area (Å²) in [6.45, 7) is 13.2. The molecule has 2 nitrogen and oxygen atoms in total.